The number of nitrogens with zero attached hydrogens (tertiary/aromatic N) is 3. The van der Waals surface area contributed by atoms with Crippen LogP contribution in [0.1, 0.15) is 17.0 Å². The Morgan fingerprint density at radius 3 is 2.37 bits per heavy atom. The van der Waals surface area contributed by atoms with E-state index in [0.717, 1.165) is 33.7 Å². The fourth-order valence-corrected chi connectivity index (χ4v) is 3.56. The van der Waals surface area contributed by atoms with E-state index in [4.69, 9.17) is 9.72 Å². The second-order valence-electron chi connectivity index (χ2n) is 7.36. The van der Waals surface area contributed by atoms with Crippen LogP contribution in [0.2, 0.25) is 0 Å². The number of rotatable bonds is 7. The number of ether oxygens (including phenoxy) is 1. The molecular formula is C25H25N3O2. The zero-order valence-corrected chi connectivity index (χ0v) is 17.3. The Hall–Kier alpha value is -3.60. The van der Waals surface area contributed by atoms with E-state index in [1.165, 1.54) is 0 Å². The van der Waals surface area contributed by atoms with E-state index in [2.05, 4.69) is 0 Å². The smallest absolute Gasteiger partial charge is 0.242 e. The first-order chi connectivity index (χ1) is 14.6. The predicted molar refractivity (Wildman–Crippen MR) is 118 cm³/mol. The number of aromatic nitrogens is 2. The van der Waals surface area contributed by atoms with Gasteiger partial charge in [0.1, 0.15) is 18.1 Å². The molecule has 1 aromatic heterocycles. The molecule has 4 aromatic rings. The van der Waals surface area contributed by atoms with Gasteiger partial charge in [-0.05, 0) is 35.4 Å². The average Bonchev–Trinajstić information content (AvgIpc) is 3.12. The Balaban J connectivity index is 1.58. The molecule has 0 unspecified atom stereocenters. The molecule has 0 aliphatic heterocycles. The zero-order valence-electron chi connectivity index (χ0n) is 17.3. The molecule has 4 rings (SSSR count). The summed E-state index contributed by atoms with van der Waals surface area (Å²) in [7, 11) is 3.50. The fourth-order valence-electron chi connectivity index (χ4n) is 3.56. The molecule has 1 amide bonds. The minimum Gasteiger partial charge on any atom is -0.497 e. The number of fused-ring (bicyclic) bond motifs is 1. The molecule has 1 heterocycles. The van der Waals surface area contributed by atoms with Crippen molar-refractivity contribution < 1.29 is 9.53 Å². The van der Waals surface area contributed by atoms with Gasteiger partial charge in [0.05, 0.1) is 18.1 Å². The Bertz CT molecular complexity index is 1130. The van der Waals surface area contributed by atoms with Crippen molar-refractivity contribution in [1.29, 1.82) is 0 Å². The summed E-state index contributed by atoms with van der Waals surface area (Å²) in [6, 6.07) is 25.9. The fraction of sp³-hybridized carbons (Fsp3) is 0.200. The molecule has 3 aromatic carbocycles. The van der Waals surface area contributed by atoms with E-state index in [0.29, 0.717) is 13.0 Å². The van der Waals surface area contributed by atoms with E-state index >= 15 is 0 Å². The van der Waals surface area contributed by atoms with Crippen LogP contribution in [-0.2, 0) is 24.3 Å². The molecule has 0 spiro atoms. The Labute approximate surface area is 176 Å². The lowest BCUT2D eigenvalue weighted by atomic mass is 10.1. The second-order valence-corrected chi connectivity index (χ2v) is 7.36. The third-order valence-electron chi connectivity index (χ3n) is 5.24. The van der Waals surface area contributed by atoms with Crippen LogP contribution in [0.15, 0.2) is 78.9 Å². The van der Waals surface area contributed by atoms with Gasteiger partial charge in [0.2, 0.25) is 5.91 Å². The van der Waals surface area contributed by atoms with Crippen molar-refractivity contribution in [3.63, 3.8) is 0 Å². The lowest BCUT2D eigenvalue weighted by molar-refractivity contribution is -0.131. The normalized spacial score (nSPS) is 10.9. The Kier molecular flexibility index (Phi) is 5.80. The van der Waals surface area contributed by atoms with E-state index < -0.39 is 0 Å². The largest absolute Gasteiger partial charge is 0.497 e. The Morgan fingerprint density at radius 1 is 0.933 bits per heavy atom. The van der Waals surface area contributed by atoms with Gasteiger partial charge in [-0.25, -0.2) is 4.98 Å². The summed E-state index contributed by atoms with van der Waals surface area (Å²) in [5.41, 5.74) is 4.11. The summed E-state index contributed by atoms with van der Waals surface area (Å²) in [5.74, 6) is 1.76. The van der Waals surface area contributed by atoms with Crippen LogP contribution in [0.5, 0.6) is 5.75 Å². The molecule has 0 saturated heterocycles. The third-order valence-corrected chi connectivity index (χ3v) is 5.24. The number of carbonyl (C=O) groups excluding carboxylic acids is 1. The monoisotopic (exact) mass is 399 g/mol. The van der Waals surface area contributed by atoms with Crippen molar-refractivity contribution in [2.45, 2.75) is 19.5 Å². The highest BCUT2D eigenvalue weighted by atomic mass is 16.5. The van der Waals surface area contributed by atoms with Gasteiger partial charge in [-0.2, -0.15) is 0 Å². The summed E-state index contributed by atoms with van der Waals surface area (Å²) in [6.07, 6.45) is 0.647. The van der Waals surface area contributed by atoms with Crippen LogP contribution in [-0.4, -0.2) is 34.5 Å². The Morgan fingerprint density at radius 2 is 1.63 bits per heavy atom. The number of para-hydroxylation sites is 2. The number of imidazole rings is 1. The number of likely N-dealkylation sites (N-methyl/N-ethyl adjacent to an activating group) is 1. The molecule has 0 atom stereocenters. The van der Waals surface area contributed by atoms with Crippen LogP contribution in [0.25, 0.3) is 11.0 Å². The van der Waals surface area contributed by atoms with Crippen LogP contribution in [0.4, 0.5) is 0 Å². The van der Waals surface area contributed by atoms with E-state index in [-0.39, 0.29) is 12.5 Å². The summed E-state index contributed by atoms with van der Waals surface area (Å²) in [6.45, 7) is 0.843. The van der Waals surface area contributed by atoms with E-state index in [1.807, 2.05) is 90.5 Å². The highest BCUT2D eigenvalue weighted by Crippen LogP contribution is 2.20. The quantitative estimate of drug-likeness (QED) is 0.466. The first-order valence-electron chi connectivity index (χ1n) is 9.99. The van der Waals surface area contributed by atoms with Crippen LogP contribution >= 0.6 is 0 Å². The molecule has 0 aliphatic carbocycles. The first-order valence-corrected chi connectivity index (χ1v) is 9.99. The molecule has 5 nitrogen and oxygen atoms in total. The van der Waals surface area contributed by atoms with Gasteiger partial charge in [-0.1, -0.05) is 54.6 Å². The minimum atomic E-state index is 0.0537. The first kappa shape index (κ1) is 19.7. The second kappa shape index (κ2) is 8.82. The highest BCUT2D eigenvalue weighted by molar-refractivity contribution is 5.81. The predicted octanol–water partition coefficient (Wildman–Crippen LogP) is 4.29. The molecule has 0 radical (unpaired) electrons. The molecule has 30 heavy (non-hydrogen) atoms. The lowest BCUT2D eigenvalue weighted by Crippen LogP contribution is -2.30. The average molecular weight is 399 g/mol. The van der Waals surface area contributed by atoms with Crippen LogP contribution in [0, 0.1) is 0 Å². The minimum absolute atomic E-state index is 0.0537. The number of methoxy groups -OCH3 is 1. The highest BCUT2D eigenvalue weighted by Gasteiger charge is 2.16. The maximum Gasteiger partial charge on any atom is 0.242 e. The number of carbonyl (C=O) groups is 1. The van der Waals surface area contributed by atoms with Gasteiger partial charge in [0.15, 0.2) is 0 Å². The molecule has 152 valence electrons. The topological polar surface area (TPSA) is 47.4 Å². The summed E-state index contributed by atoms with van der Waals surface area (Å²) in [4.78, 5) is 19.6. The third kappa shape index (κ3) is 4.35. The van der Waals surface area contributed by atoms with Crippen molar-refractivity contribution in [3.05, 3.63) is 95.8 Å². The lowest BCUT2D eigenvalue weighted by Gasteiger charge is -2.19. The van der Waals surface area contributed by atoms with Crippen molar-refractivity contribution in [1.82, 2.24) is 14.5 Å². The maximum atomic E-state index is 13.0. The van der Waals surface area contributed by atoms with E-state index in [9.17, 15) is 4.79 Å². The van der Waals surface area contributed by atoms with Gasteiger partial charge in [-0.15, -0.1) is 0 Å². The number of hydrogen-bond donors (Lipinski definition) is 0. The molecule has 0 saturated carbocycles. The molecule has 0 aliphatic rings. The summed E-state index contributed by atoms with van der Waals surface area (Å²) < 4.78 is 7.28. The van der Waals surface area contributed by atoms with Gasteiger partial charge < -0.3 is 14.2 Å². The zero-order chi connectivity index (χ0) is 20.9. The van der Waals surface area contributed by atoms with Gasteiger partial charge >= 0.3 is 0 Å². The van der Waals surface area contributed by atoms with Gasteiger partial charge in [0.25, 0.3) is 0 Å². The van der Waals surface area contributed by atoms with Crippen molar-refractivity contribution >= 4 is 16.9 Å². The van der Waals surface area contributed by atoms with Crippen molar-refractivity contribution in [3.8, 4) is 5.75 Å². The van der Waals surface area contributed by atoms with Crippen molar-refractivity contribution in [2.75, 3.05) is 14.2 Å². The number of amides is 1. The molecule has 0 bridgehead atoms. The van der Waals surface area contributed by atoms with Gasteiger partial charge in [-0.3, -0.25) is 4.79 Å². The number of benzene rings is 3. The molecule has 0 N–H and O–H groups in total. The van der Waals surface area contributed by atoms with E-state index in [1.54, 1.807) is 12.0 Å². The SMILES string of the molecule is COc1ccc(Cc2nc3ccccc3n2CC(=O)N(C)Cc2ccccc2)cc1. The number of hydrogen-bond acceptors (Lipinski definition) is 3. The van der Waals surface area contributed by atoms with Crippen molar-refractivity contribution in [2.24, 2.45) is 0 Å². The van der Waals surface area contributed by atoms with Crippen LogP contribution < -0.4 is 4.74 Å². The summed E-state index contributed by atoms with van der Waals surface area (Å²) in [5, 5.41) is 0. The van der Waals surface area contributed by atoms with Crippen LogP contribution in [0.3, 0.4) is 0 Å². The molecule has 5 heteroatoms. The maximum absolute atomic E-state index is 13.0. The molecule has 0 fully saturated rings. The summed E-state index contributed by atoms with van der Waals surface area (Å²) >= 11 is 0. The standard InChI is InChI=1S/C25H25N3O2/c1-27(17-20-8-4-3-5-9-20)25(29)18-28-23-11-7-6-10-22(23)26-24(28)16-19-12-14-21(30-2)15-13-19/h3-15H,16-18H2,1-2H3. The van der Waals surface area contributed by atoms with Gasteiger partial charge in [0, 0.05) is 20.0 Å². The molecular weight excluding hydrogens is 374 g/mol.